The average Bonchev–Trinajstić information content (AvgIpc) is 0.763. The third-order valence-corrected chi connectivity index (χ3v) is 20.5. The van der Waals surface area contributed by atoms with E-state index in [1.807, 2.05) is 70.2 Å². The van der Waals surface area contributed by atoms with Crippen LogP contribution in [0.3, 0.4) is 0 Å². The third-order valence-electron chi connectivity index (χ3n) is 20.5. The summed E-state index contributed by atoms with van der Waals surface area (Å²) in [4.78, 5) is 148. The number of hydrogen-bond acceptors (Lipinski definition) is 21. The Morgan fingerprint density at radius 3 is 0.685 bits per heavy atom. The predicted molar refractivity (Wildman–Crippen MR) is 495 cm³/mol. The van der Waals surface area contributed by atoms with Gasteiger partial charge >= 0.3 is 41.8 Å². The second kappa shape index (κ2) is 44.7. The normalized spacial score (nSPS) is 11.8. The summed E-state index contributed by atoms with van der Waals surface area (Å²) in [6.07, 6.45) is 4.47. The monoisotopic (exact) mass is 1770 g/mol. The molecule has 0 atom stereocenters. The van der Waals surface area contributed by atoms with Crippen molar-refractivity contribution in [3.05, 3.63) is 311 Å². The molecule has 0 aromatic heterocycles. The molecule has 8 bridgehead atoms. The van der Waals surface area contributed by atoms with E-state index in [0.717, 1.165) is 0 Å². The van der Waals surface area contributed by atoms with Gasteiger partial charge in [-0.2, -0.15) is 0 Å². The Kier molecular flexibility index (Phi) is 33.3. The smallest absolute Gasteiger partial charge is 0.338 e. The van der Waals surface area contributed by atoms with Crippen LogP contribution in [0, 0.1) is 0 Å². The summed E-state index contributed by atoms with van der Waals surface area (Å²) in [7, 11) is 1.27. The fraction of sp³-hybridized carbons (Fsp3) is 0.340. The number of hydrogen-bond donors (Lipinski definition) is 3. The van der Waals surface area contributed by atoms with Gasteiger partial charge in [0, 0.05) is 59.4 Å². The topological polar surface area (TPSA) is 308 Å². The van der Waals surface area contributed by atoms with Crippen molar-refractivity contribution in [3.63, 3.8) is 0 Å². The van der Waals surface area contributed by atoms with Gasteiger partial charge in [0.1, 0.15) is 59.6 Å². The first-order chi connectivity index (χ1) is 62.1. The maximum atomic E-state index is 16.1. The van der Waals surface area contributed by atoms with Gasteiger partial charge in [-0.15, -0.1) is 0 Å². The van der Waals surface area contributed by atoms with Crippen molar-refractivity contribution in [1.29, 1.82) is 0 Å². The summed E-state index contributed by atoms with van der Waals surface area (Å²) in [5, 5.41) is 9.00. The van der Waals surface area contributed by atoms with Crippen LogP contribution < -0.4 is 34.9 Å². The molecular formula is C106H115N3O21. The van der Waals surface area contributed by atoms with Crippen LogP contribution in [0.1, 0.15) is 306 Å². The van der Waals surface area contributed by atoms with E-state index < -0.39 is 76.3 Å². The molecule has 24 heteroatoms. The van der Waals surface area contributed by atoms with Crippen LogP contribution in [0.15, 0.2) is 194 Å². The molecule has 1 aliphatic carbocycles. The lowest BCUT2D eigenvalue weighted by Crippen LogP contribution is -2.24. The maximum Gasteiger partial charge on any atom is 0.338 e. The van der Waals surface area contributed by atoms with Crippen molar-refractivity contribution in [2.45, 2.75) is 204 Å². The lowest BCUT2D eigenvalue weighted by molar-refractivity contribution is 0.00568. The van der Waals surface area contributed by atoms with Crippen LogP contribution in [-0.2, 0) is 78.7 Å². The number of ether oxygens (including phenoxy) is 11. The van der Waals surface area contributed by atoms with E-state index in [4.69, 9.17) is 52.1 Å². The number of anilines is 3. The van der Waals surface area contributed by atoms with E-state index in [-0.39, 0.29) is 150 Å². The molecule has 1 aliphatic rings. The molecule has 0 heterocycles. The number of fused-ring (bicyclic) bond motifs is 8. The number of esters is 7. The first-order valence-electron chi connectivity index (χ1n) is 44.1. The van der Waals surface area contributed by atoms with Crippen LogP contribution in [0.4, 0.5) is 17.1 Å². The summed E-state index contributed by atoms with van der Waals surface area (Å²) < 4.78 is 68.9. The van der Waals surface area contributed by atoms with Crippen LogP contribution in [-0.4, -0.2) is 110 Å². The minimum Gasteiger partial charge on any atom is -0.493 e. The van der Waals surface area contributed by atoms with Gasteiger partial charge in [0.15, 0.2) is 0 Å². The Morgan fingerprint density at radius 1 is 0.269 bits per heavy atom. The average molecular weight is 1770 g/mol. The van der Waals surface area contributed by atoms with Crippen molar-refractivity contribution >= 4 is 76.6 Å². The molecule has 0 spiro atoms. The fourth-order valence-electron chi connectivity index (χ4n) is 14.4. The standard InChI is InChI=1S/C106H115N3O21/c1-15-19-38-121-90-69-42-71-48-78(95(111)108-88-58-82(55-85(61-88)102(118)129-105(8,9)10)99(115)126-64-67-34-28-24-29-35-67)50-73(91(71)122-39-20-16-2)44-75-52-80(97(113)120-14)53-76(93(75)124-41-22-18-4)45-74-51-79(96(112)109-89-59-83(56-86(62-89)103(119)130-106(11,12)13)100(116)127-65-68-36-30-25-31-37-68)49-72(92(74)123-40-21-17-3)43-70(90)47-77(46-69)94(110)107-87-57-81(54-84(60-87)101(117)128-104(5,6)7)98(114)125-63-66-32-26-23-27-33-66/h23-37,46-62H,15-22,38-45,63-65H2,1-14H3,(H,107,110)(H,108,111)(H,109,112). The molecule has 3 amide bonds. The highest BCUT2D eigenvalue weighted by Crippen LogP contribution is 2.43. The zero-order valence-electron chi connectivity index (χ0n) is 76.5. The van der Waals surface area contributed by atoms with Crippen molar-refractivity contribution in [1.82, 2.24) is 0 Å². The molecule has 10 aromatic rings. The van der Waals surface area contributed by atoms with Crippen LogP contribution in [0.5, 0.6) is 23.0 Å². The molecule has 3 N–H and O–H groups in total. The molecular weight excluding hydrogens is 1650 g/mol. The summed E-state index contributed by atoms with van der Waals surface area (Å²) in [6, 6.07) is 52.8. The molecule has 680 valence electrons. The number of carbonyl (C=O) groups is 10. The summed E-state index contributed by atoms with van der Waals surface area (Å²) >= 11 is 0. The van der Waals surface area contributed by atoms with Gasteiger partial charge in [-0.05, 0) is 252 Å². The first-order valence-corrected chi connectivity index (χ1v) is 44.1. The van der Waals surface area contributed by atoms with Crippen LogP contribution in [0.2, 0.25) is 0 Å². The molecule has 0 radical (unpaired) electrons. The van der Waals surface area contributed by atoms with Crippen molar-refractivity contribution in [3.8, 4) is 23.0 Å². The molecule has 0 fully saturated rings. The predicted octanol–water partition coefficient (Wildman–Crippen LogP) is 21.6. The Hall–Kier alpha value is -13.9. The largest absolute Gasteiger partial charge is 0.493 e. The van der Waals surface area contributed by atoms with E-state index in [2.05, 4.69) is 16.0 Å². The first kappa shape index (κ1) is 96.7. The number of unbranched alkanes of at least 4 members (excludes halogenated alkanes) is 4. The molecule has 10 aromatic carbocycles. The minimum absolute atomic E-state index is 0.00282. The maximum absolute atomic E-state index is 16.1. The van der Waals surface area contributed by atoms with Crippen LogP contribution in [0.25, 0.3) is 0 Å². The number of methoxy groups -OCH3 is 1. The lowest BCUT2D eigenvalue weighted by Gasteiger charge is -2.25. The van der Waals surface area contributed by atoms with Crippen LogP contribution >= 0.6 is 0 Å². The quantitative estimate of drug-likeness (QED) is 0.0189. The van der Waals surface area contributed by atoms with E-state index in [0.29, 0.717) is 130 Å². The number of rotatable bonds is 35. The third kappa shape index (κ3) is 27.6. The van der Waals surface area contributed by atoms with Gasteiger partial charge in [-0.1, -0.05) is 144 Å². The molecule has 130 heavy (non-hydrogen) atoms. The second-order valence-corrected chi connectivity index (χ2v) is 35.0. The Balaban J connectivity index is 1.18. The number of benzene rings is 10. The highest BCUT2D eigenvalue weighted by molar-refractivity contribution is 6.09. The van der Waals surface area contributed by atoms with Gasteiger partial charge in [0.05, 0.1) is 72.5 Å². The van der Waals surface area contributed by atoms with Crippen molar-refractivity contribution < 1.29 is 100 Å². The van der Waals surface area contributed by atoms with Crippen molar-refractivity contribution in [2.75, 3.05) is 49.5 Å². The molecule has 24 nitrogen and oxygen atoms in total. The SMILES string of the molecule is CCCCOc1c2cc(C(=O)Nc3cc(C(=O)OCc4ccccc4)cc(C(=O)OC(C)(C)C)c3)cc1Cc1cc(C(=O)Nc3cc(C(=O)OCc4ccccc4)cc(C(=O)OC(C)(C)C)c3)cc(c1OCCCC)Cc1cc(C(=O)OC)cc(c1OCCCC)Cc1cc(C(=O)Nc3cc(C(=O)OCc4ccccc4)cc(C(=O)OC(C)(C)C)c3)cc(c1OCCCC)C2. The fourth-order valence-corrected chi connectivity index (χ4v) is 14.4. The highest BCUT2D eigenvalue weighted by Gasteiger charge is 2.32. The summed E-state index contributed by atoms with van der Waals surface area (Å²) in [5.41, 5.74) is 2.14. The molecule has 0 aliphatic heterocycles. The molecule has 0 saturated heterocycles. The highest BCUT2D eigenvalue weighted by atomic mass is 16.6. The Labute approximate surface area is 759 Å². The zero-order valence-corrected chi connectivity index (χ0v) is 76.5. The van der Waals surface area contributed by atoms with E-state index in [1.165, 1.54) is 61.7 Å². The van der Waals surface area contributed by atoms with E-state index >= 15 is 14.4 Å². The summed E-state index contributed by atoms with van der Waals surface area (Å²) in [6.45, 7) is 23.7. The van der Waals surface area contributed by atoms with Gasteiger partial charge in [0.2, 0.25) is 0 Å². The van der Waals surface area contributed by atoms with Crippen molar-refractivity contribution in [2.24, 2.45) is 0 Å². The molecule has 0 saturated carbocycles. The zero-order chi connectivity index (χ0) is 93.4. The van der Waals surface area contributed by atoms with E-state index in [9.17, 15) is 33.6 Å². The Morgan fingerprint density at radius 2 is 0.477 bits per heavy atom. The minimum atomic E-state index is -0.992. The summed E-state index contributed by atoms with van der Waals surface area (Å²) in [5.74, 6) is -6.41. The number of nitrogens with one attached hydrogen (secondary N) is 3. The number of amides is 3. The van der Waals surface area contributed by atoms with Gasteiger partial charge in [-0.3, -0.25) is 14.4 Å². The second-order valence-electron chi connectivity index (χ2n) is 35.0. The van der Waals surface area contributed by atoms with Gasteiger partial charge in [0.25, 0.3) is 17.7 Å². The Bertz CT molecular complexity index is 5520. The van der Waals surface area contributed by atoms with Gasteiger partial charge in [-0.25, -0.2) is 33.6 Å². The number of carbonyl (C=O) groups excluding carboxylic acids is 10. The lowest BCUT2D eigenvalue weighted by atomic mass is 9.88. The van der Waals surface area contributed by atoms with Gasteiger partial charge < -0.3 is 68.1 Å². The molecule has 0 unspecified atom stereocenters. The molecule has 11 rings (SSSR count). The van der Waals surface area contributed by atoms with E-state index in [1.54, 1.807) is 159 Å².